The quantitative estimate of drug-likeness (QED) is 0.806. The Bertz CT molecular complexity index is 532. The smallest absolute Gasteiger partial charge is 0.0758 e. The van der Waals surface area contributed by atoms with Gasteiger partial charge in [-0.1, -0.05) is 6.07 Å². The fraction of sp³-hybridized carbons (Fsp3) is 0.429. The second kappa shape index (κ2) is 4.08. The lowest BCUT2D eigenvalue weighted by atomic mass is 10.2. The summed E-state index contributed by atoms with van der Waals surface area (Å²) in [5, 5.41) is 1.24. The molecule has 0 spiro atoms. The van der Waals surface area contributed by atoms with Crippen LogP contribution < -0.4 is 5.73 Å². The Morgan fingerprint density at radius 1 is 1.35 bits per heavy atom. The maximum Gasteiger partial charge on any atom is 0.0758 e. The third-order valence-electron chi connectivity index (χ3n) is 3.52. The third kappa shape index (κ3) is 2.03. The minimum Gasteiger partial charge on any atom is -0.399 e. The van der Waals surface area contributed by atoms with Crippen LogP contribution in [0.25, 0.3) is 10.9 Å². The number of nitrogens with two attached hydrogens (primary N) is 1. The van der Waals surface area contributed by atoms with Gasteiger partial charge in [0.05, 0.1) is 17.7 Å². The molecule has 1 saturated heterocycles. The van der Waals surface area contributed by atoms with Crippen LogP contribution in [0.2, 0.25) is 0 Å². The van der Waals surface area contributed by atoms with Crippen molar-refractivity contribution in [3.63, 3.8) is 0 Å². The molecule has 1 aromatic heterocycles. The summed E-state index contributed by atoms with van der Waals surface area (Å²) >= 11 is 0. The van der Waals surface area contributed by atoms with Crippen molar-refractivity contribution in [1.29, 1.82) is 0 Å². The first kappa shape index (κ1) is 10.7. The number of ether oxygens (including phenoxy) is 1. The van der Waals surface area contributed by atoms with Crippen molar-refractivity contribution in [2.45, 2.75) is 38.5 Å². The van der Waals surface area contributed by atoms with Gasteiger partial charge in [0.15, 0.2) is 0 Å². The Labute approximate surface area is 101 Å². The molecule has 0 aliphatic carbocycles. The molecule has 0 radical (unpaired) electrons. The Morgan fingerprint density at radius 3 is 3.00 bits per heavy atom. The monoisotopic (exact) mass is 230 g/mol. The second-order valence-electron chi connectivity index (χ2n) is 4.93. The lowest BCUT2D eigenvalue weighted by Gasteiger charge is -2.13. The molecule has 0 amide bonds. The van der Waals surface area contributed by atoms with Crippen LogP contribution in [0.3, 0.4) is 0 Å². The topological polar surface area (TPSA) is 40.2 Å². The molecule has 0 bridgehead atoms. The summed E-state index contributed by atoms with van der Waals surface area (Å²) in [6, 6.07) is 8.18. The van der Waals surface area contributed by atoms with Crippen LogP contribution in [0, 0.1) is 0 Å². The molecule has 3 heteroatoms. The molecule has 2 aromatic rings. The first-order valence-corrected chi connectivity index (χ1v) is 6.22. The van der Waals surface area contributed by atoms with Crippen LogP contribution in [-0.4, -0.2) is 16.8 Å². The Hall–Kier alpha value is -1.48. The van der Waals surface area contributed by atoms with Crippen molar-refractivity contribution >= 4 is 16.6 Å². The molecule has 3 rings (SSSR count). The first-order chi connectivity index (χ1) is 8.22. The van der Waals surface area contributed by atoms with E-state index in [0.29, 0.717) is 12.2 Å². The van der Waals surface area contributed by atoms with E-state index in [1.54, 1.807) is 0 Å². The van der Waals surface area contributed by atoms with Gasteiger partial charge in [-0.2, -0.15) is 0 Å². The van der Waals surface area contributed by atoms with Crippen molar-refractivity contribution in [3.05, 3.63) is 30.5 Å². The summed E-state index contributed by atoms with van der Waals surface area (Å²) in [7, 11) is 0. The normalized spacial score (nSPS) is 24.5. The molecule has 1 aliphatic heterocycles. The number of aromatic nitrogens is 1. The summed E-state index contributed by atoms with van der Waals surface area (Å²) in [5.41, 5.74) is 7.86. The lowest BCUT2D eigenvalue weighted by Crippen LogP contribution is -2.15. The molecule has 1 fully saturated rings. The summed E-state index contributed by atoms with van der Waals surface area (Å²) in [6.07, 6.45) is 5.21. The molecule has 2 N–H and O–H groups in total. The molecular weight excluding hydrogens is 212 g/mol. The van der Waals surface area contributed by atoms with Gasteiger partial charge >= 0.3 is 0 Å². The highest BCUT2D eigenvalue weighted by molar-refractivity contribution is 5.83. The zero-order valence-corrected chi connectivity index (χ0v) is 10.1. The Balaban J connectivity index is 1.87. The Morgan fingerprint density at radius 2 is 2.24 bits per heavy atom. The van der Waals surface area contributed by atoms with E-state index in [0.717, 1.165) is 18.7 Å². The van der Waals surface area contributed by atoms with Crippen LogP contribution in [0.4, 0.5) is 5.69 Å². The zero-order valence-electron chi connectivity index (χ0n) is 10.1. The number of rotatable bonds is 2. The van der Waals surface area contributed by atoms with E-state index in [2.05, 4.69) is 29.8 Å². The van der Waals surface area contributed by atoms with Gasteiger partial charge in [-0.05, 0) is 43.4 Å². The maximum atomic E-state index is 5.86. The fourth-order valence-corrected chi connectivity index (χ4v) is 2.60. The van der Waals surface area contributed by atoms with Crippen molar-refractivity contribution in [1.82, 2.24) is 4.57 Å². The SMILES string of the molecule is CC1CCC(Cn2ccc3ccc(N)cc32)O1. The summed E-state index contributed by atoms with van der Waals surface area (Å²) in [5.74, 6) is 0. The van der Waals surface area contributed by atoms with Gasteiger partial charge in [0.2, 0.25) is 0 Å². The summed E-state index contributed by atoms with van der Waals surface area (Å²) < 4.78 is 8.11. The van der Waals surface area contributed by atoms with Crippen molar-refractivity contribution in [2.75, 3.05) is 5.73 Å². The van der Waals surface area contributed by atoms with Gasteiger partial charge in [0.1, 0.15) is 0 Å². The van der Waals surface area contributed by atoms with Crippen LogP contribution in [0.15, 0.2) is 30.5 Å². The van der Waals surface area contributed by atoms with Crippen LogP contribution in [0.5, 0.6) is 0 Å². The van der Waals surface area contributed by atoms with E-state index in [1.807, 2.05) is 12.1 Å². The van der Waals surface area contributed by atoms with Gasteiger partial charge in [0.25, 0.3) is 0 Å². The molecule has 3 nitrogen and oxygen atoms in total. The molecule has 90 valence electrons. The highest BCUT2D eigenvalue weighted by Crippen LogP contribution is 2.24. The van der Waals surface area contributed by atoms with E-state index >= 15 is 0 Å². The van der Waals surface area contributed by atoms with E-state index in [9.17, 15) is 0 Å². The molecule has 0 saturated carbocycles. The number of hydrogen-bond acceptors (Lipinski definition) is 2. The first-order valence-electron chi connectivity index (χ1n) is 6.22. The average Bonchev–Trinajstić information content (AvgIpc) is 2.87. The number of nitrogen functional groups attached to an aromatic ring is 1. The van der Waals surface area contributed by atoms with Crippen LogP contribution in [-0.2, 0) is 11.3 Å². The second-order valence-corrected chi connectivity index (χ2v) is 4.93. The van der Waals surface area contributed by atoms with E-state index in [4.69, 9.17) is 10.5 Å². The fourth-order valence-electron chi connectivity index (χ4n) is 2.60. The lowest BCUT2D eigenvalue weighted by molar-refractivity contribution is 0.0465. The summed E-state index contributed by atoms with van der Waals surface area (Å²) in [6.45, 7) is 3.07. The van der Waals surface area contributed by atoms with E-state index in [-0.39, 0.29) is 0 Å². The van der Waals surface area contributed by atoms with Gasteiger partial charge in [0, 0.05) is 18.4 Å². The van der Waals surface area contributed by atoms with Crippen LogP contribution in [0.1, 0.15) is 19.8 Å². The summed E-state index contributed by atoms with van der Waals surface area (Å²) in [4.78, 5) is 0. The number of nitrogens with zero attached hydrogens (tertiary/aromatic N) is 1. The minimum atomic E-state index is 0.349. The third-order valence-corrected chi connectivity index (χ3v) is 3.52. The zero-order chi connectivity index (χ0) is 11.8. The number of benzene rings is 1. The molecular formula is C14H18N2O. The number of anilines is 1. The highest BCUT2D eigenvalue weighted by atomic mass is 16.5. The van der Waals surface area contributed by atoms with Gasteiger partial charge in [-0.15, -0.1) is 0 Å². The minimum absolute atomic E-state index is 0.349. The predicted molar refractivity (Wildman–Crippen MR) is 69.9 cm³/mol. The predicted octanol–water partition coefficient (Wildman–Crippen LogP) is 2.79. The molecule has 2 heterocycles. The van der Waals surface area contributed by atoms with Crippen molar-refractivity contribution < 1.29 is 4.74 Å². The Kier molecular flexibility index (Phi) is 2.56. The maximum absolute atomic E-state index is 5.86. The van der Waals surface area contributed by atoms with Crippen molar-refractivity contribution in [3.8, 4) is 0 Å². The standard InChI is InChI=1S/C14H18N2O/c1-10-2-5-13(17-10)9-16-7-6-11-3-4-12(15)8-14(11)16/h3-4,6-8,10,13H,2,5,9,15H2,1H3. The average molecular weight is 230 g/mol. The van der Waals surface area contributed by atoms with Gasteiger partial charge < -0.3 is 15.0 Å². The van der Waals surface area contributed by atoms with Gasteiger partial charge in [-0.25, -0.2) is 0 Å². The molecule has 1 aliphatic rings. The highest BCUT2D eigenvalue weighted by Gasteiger charge is 2.22. The van der Waals surface area contributed by atoms with E-state index < -0.39 is 0 Å². The molecule has 17 heavy (non-hydrogen) atoms. The molecule has 2 atom stereocenters. The number of fused-ring (bicyclic) bond motifs is 1. The van der Waals surface area contributed by atoms with Gasteiger partial charge in [-0.3, -0.25) is 0 Å². The van der Waals surface area contributed by atoms with Crippen LogP contribution >= 0.6 is 0 Å². The molecule has 1 aromatic carbocycles. The number of hydrogen-bond donors (Lipinski definition) is 1. The largest absolute Gasteiger partial charge is 0.399 e. The van der Waals surface area contributed by atoms with E-state index in [1.165, 1.54) is 17.3 Å². The van der Waals surface area contributed by atoms with Crippen molar-refractivity contribution in [2.24, 2.45) is 0 Å². The molecule has 2 unspecified atom stereocenters.